The molecule has 0 aliphatic carbocycles. The number of fused-ring (bicyclic) bond motifs is 1. The summed E-state index contributed by atoms with van der Waals surface area (Å²) in [6, 6.07) is 6.39. The van der Waals surface area contributed by atoms with Crippen LogP contribution in [0.2, 0.25) is 0 Å². The van der Waals surface area contributed by atoms with Gasteiger partial charge in [-0.05, 0) is 31.2 Å². The molecule has 0 spiro atoms. The average molecular weight is 351 g/mol. The number of nitrogens with one attached hydrogen (secondary N) is 2. The Morgan fingerprint density at radius 2 is 2.12 bits per heavy atom. The lowest BCUT2D eigenvalue weighted by molar-refractivity contribution is 0.629. The van der Waals surface area contributed by atoms with Crippen LogP contribution in [0.15, 0.2) is 36.7 Å². The van der Waals surface area contributed by atoms with Crippen molar-refractivity contribution < 1.29 is 4.39 Å². The average Bonchev–Trinajstić information content (AvgIpc) is 3.16. The lowest BCUT2D eigenvalue weighted by Crippen LogP contribution is -2.09. The van der Waals surface area contributed by atoms with E-state index in [9.17, 15) is 4.39 Å². The van der Waals surface area contributed by atoms with Gasteiger partial charge in [-0.15, -0.1) is 0 Å². The zero-order valence-corrected chi connectivity index (χ0v) is 14.5. The maximum atomic E-state index is 13.2. The Morgan fingerprint density at radius 1 is 1.23 bits per heavy atom. The molecule has 7 nitrogen and oxygen atoms in total. The number of benzene rings is 1. The van der Waals surface area contributed by atoms with Crippen molar-refractivity contribution in [3.8, 4) is 11.3 Å². The van der Waals surface area contributed by atoms with Gasteiger partial charge in [0.1, 0.15) is 11.6 Å². The number of halogens is 1. The van der Waals surface area contributed by atoms with Gasteiger partial charge in [0.2, 0.25) is 5.95 Å². The van der Waals surface area contributed by atoms with Crippen LogP contribution in [0.5, 0.6) is 0 Å². The van der Waals surface area contributed by atoms with Gasteiger partial charge in [0.25, 0.3) is 0 Å². The molecule has 0 saturated heterocycles. The fourth-order valence-electron chi connectivity index (χ4n) is 2.89. The first-order valence-corrected chi connectivity index (χ1v) is 8.30. The summed E-state index contributed by atoms with van der Waals surface area (Å²) in [6.45, 7) is 2.56. The van der Waals surface area contributed by atoms with Crippen LogP contribution in [0.1, 0.15) is 11.5 Å². The van der Waals surface area contributed by atoms with E-state index < -0.39 is 0 Å². The highest BCUT2D eigenvalue weighted by atomic mass is 19.1. The summed E-state index contributed by atoms with van der Waals surface area (Å²) < 4.78 is 15.0. The summed E-state index contributed by atoms with van der Waals surface area (Å²) in [7, 11) is 1.88. The van der Waals surface area contributed by atoms with E-state index in [1.165, 1.54) is 12.1 Å². The number of H-pyrrole nitrogens is 1. The zero-order valence-electron chi connectivity index (χ0n) is 14.5. The third kappa shape index (κ3) is 3.26. The molecule has 0 fully saturated rings. The van der Waals surface area contributed by atoms with Gasteiger partial charge in [-0.1, -0.05) is 0 Å². The van der Waals surface area contributed by atoms with Crippen LogP contribution in [0.3, 0.4) is 0 Å². The lowest BCUT2D eigenvalue weighted by atomic mass is 10.2. The molecule has 132 valence electrons. The number of nitrogens with zero attached hydrogens (tertiary/aromatic N) is 5. The fraction of sp³-hybridized carbons (Fsp3) is 0.222. The molecule has 0 amide bonds. The van der Waals surface area contributed by atoms with Crippen molar-refractivity contribution in [2.24, 2.45) is 7.05 Å². The third-order valence-electron chi connectivity index (χ3n) is 4.08. The third-order valence-corrected chi connectivity index (χ3v) is 4.08. The molecule has 0 atom stereocenters. The molecule has 3 aromatic heterocycles. The Hall–Kier alpha value is -3.29. The highest BCUT2D eigenvalue weighted by Crippen LogP contribution is 2.20. The number of aryl methyl sites for hydroxylation is 2. The molecule has 4 rings (SSSR count). The van der Waals surface area contributed by atoms with E-state index >= 15 is 0 Å². The quantitative estimate of drug-likeness (QED) is 0.578. The SMILES string of the molecule is Cc1nn(C)cc1-c1ccnc(NCCc2nc3ccc(F)cc3[nH]2)n1. The second-order valence-electron chi connectivity index (χ2n) is 6.09. The van der Waals surface area contributed by atoms with Crippen molar-refractivity contribution in [3.05, 3.63) is 54.0 Å². The van der Waals surface area contributed by atoms with E-state index in [2.05, 4.69) is 30.4 Å². The predicted octanol–water partition coefficient (Wildman–Crippen LogP) is 2.86. The van der Waals surface area contributed by atoms with Crippen molar-refractivity contribution in [2.45, 2.75) is 13.3 Å². The smallest absolute Gasteiger partial charge is 0.223 e. The zero-order chi connectivity index (χ0) is 18.1. The van der Waals surface area contributed by atoms with Gasteiger partial charge >= 0.3 is 0 Å². The molecule has 8 heteroatoms. The van der Waals surface area contributed by atoms with Crippen molar-refractivity contribution in [3.63, 3.8) is 0 Å². The van der Waals surface area contributed by atoms with Crippen LogP contribution in [-0.4, -0.2) is 36.3 Å². The highest BCUT2D eigenvalue weighted by Gasteiger charge is 2.09. The van der Waals surface area contributed by atoms with Gasteiger partial charge in [0.15, 0.2) is 0 Å². The van der Waals surface area contributed by atoms with Crippen LogP contribution in [0, 0.1) is 12.7 Å². The number of hydrogen-bond donors (Lipinski definition) is 2. The maximum Gasteiger partial charge on any atom is 0.223 e. The lowest BCUT2D eigenvalue weighted by Gasteiger charge is -2.05. The fourth-order valence-corrected chi connectivity index (χ4v) is 2.89. The van der Waals surface area contributed by atoms with Crippen LogP contribution >= 0.6 is 0 Å². The van der Waals surface area contributed by atoms with Gasteiger partial charge in [0.05, 0.1) is 22.4 Å². The van der Waals surface area contributed by atoms with E-state index in [4.69, 9.17) is 0 Å². The van der Waals surface area contributed by atoms with Crippen LogP contribution in [-0.2, 0) is 13.5 Å². The largest absolute Gasteiger partial charge is 0.354 e. The van der Waals surface area contributed by atoms with Crippen molar-refractivity contribution in [1.29, 1.82) is 0 Å². The molecule has 0 radical (unpaired) electrons. The second kappa shape index (κ2) is 6.55. The minimum absolute atomic E-state index is 0.276. The van der Waals surface area contributed by atoms with Gasteiger partial charge in [-0.2, -0.15) is 5.10 Å². The number of rotatable bonds is 5. The Morgan fingerprint density at radius 3 is 2.92 bits per heavy atom. The highest BCUT2D eigenvalue weighted by molar-refractivity contribution is 5.74. The Balaban J connectivity index is 1.44. The number of anilines is 1. The molecule has 0 saturated carbocycles. The van der Waals surface area contributed by atoms with E-state index in [-0.39, 0.29) is 5.82 Å². The van der Waals surface area contributed by atoms with Crippen LogP contribution in [0.4, 0.5) is 10.3 Å². The molecular weight excluding hydrogens is 333 g/mol. The molecule has 4 aromatic rings. The first-order chi connectivity index (χ1) is 12.6. The summed E-state index contributed by atoms with van der Waals surface area (Å²) >= 11 is 0. The van der Waals surface area contributed by atoms with E-state index in [0.29, 0.717) is 24.4 Å². The summed E-state index contributed by atoms with van der Waals surface area (Å²) in [5.41, 5.74) is 4.19. The first-order valence-electron chi connectivity index (χ1n) is 8.30. The van der Waals surface area contributed by atoms with Gasteiger partial charge in [0, 0.05) is 38.0 Å². The number of imidazole rings is 1. The van der Waals surface area contributed by atoms with Gasteiger partial charge < -0.3 is 10.3 Å². The molecule has 0 bridgehead atoms. The minimum Gasteiger partial charge on any atom is -0.354 e. The summed E-state index contributed by atoms with van der Waals surface area (Å²) in [4.78, 5) is 16.4. The summed E-state index contributed by atoms with van der Waals surface area (Å²) in [6.07, 6.45) is 4.31. The van der Waals surface area contributed by atoms with Crippen LogP contribution in [0.25, 0.3) is 22.3 Å². The maximum absolute atomic E-state index is 13.2. The normalized spacial score (nSPS) is 11.2. The molecule has 0 unspecified atom stereocenters. The molecule has 2 N–H and O–H groups in total. The molecule has 0 aliphatic rings. The van der Waals surface area contributed by atoms with E-state index in [1.54, 1.807) is 16.9 Å². The number of aromatic amines is 1. The van der Waals surface area contributed by atoms with Gasteiger partial charge in [-0.3, -0.25) is 4.68 Å². The monoisotopic (exact) mass is 351 g/mol. The topological polar surface area (TPSA) is 84.3 Å². The van der Waals surface area contributed by atoms with Crippen molar-refractivity contribution >= 4 is 17.0 Å². The number of hydrogen-bond acceptors (Lipinski definition) is 5. The van der Waals surface area contributed by atoms with Crippen LogP contribution < -0.4 is 5.32 Å². The minimum atomic E-state index is -0.276. The Labute approximate surface area is 149 Å². The van der Waals surface area contributed by atoms with Crippen molar-refractivity contribution in [2.75, 3.05) is 11.9 Å². The molecule has 1 aromatic carbocycles. The molecular formula is C18H18FN7. The standard InChI is InChI=1S/C18H18FN7/c1-11-13(10-26(2)25-11)14-5-7-20-18(24-14)21-8-6-17-22-15-4-3-12(19)9-16(15)23-17/h3-5,7,9-10H,6,8H2,1-2H3,(H,22,23)(H,20,21,24). The van der Waals surface area contributed by atoms with Gasteiger partial charge in [-0.25, -0.2) is 19.3 Å². The first kappa shape index (κ1) is 16.2. The van der Waals surface area contributed by atoms with Crippen molar-refractivity contribution in [1.82, 2.24) is 29.7 Å². The molecule has 0 aliphatic heterocycles. The Bertz CT molecular complexity index is 1070. The summed E-state index contributed by atoms with van der Waals surface area (Å²) in [5, 5.41) is 7.54. The predicted molar refractivity (Wildman–Crippen MR) is 97.2 cm³/mol. The van der Waals surface area contributed by atoms with E-state index in [0.717, 1.165) is 28.3 Å². The number of aromatic nitrogens is 6. The summed E-state index contributed by atoms with van der Waals surface area (Å²) in [5.74, 6) is 1.06. The molecule has 26 heavy (non-hydrogen) atoms. The molecule has 3 heterocycles. The van der Waals surface area contributed by atoms with E-state index in [1.807, 2.05) is 26.2 Å². The Kier molecular flexibility index (Phi) is 4.08. The second-order valence-corrected chi connectivity index (χ2v) is 6.09.